The highest BCUT2D eigenvalue weighted by molar-refractivity contribution is 7.85. The Morgan fingerprint density at radius 3 is 2.33 bits per heavy atom. The van der Waals surface area contributed by atoms with Gasteiger partial charge in [-0.2, -0.15) is 8.42 Å². The largest absolute Gasteiger partial charge is 0.294 e. The number of benzene rings is 2. The monoisotopic (exact) mass is 262 g/mol. The van der Waals surface area contributed by atoms with Gasteiger partial charge in [0.2, 0.25) is 0 Å². The summed E-state index contributed by atoms with van der Waals surface area (Å²) in [6, 6.07) is 12.3. The normalized spacial score (nSPS) is 11.5. The van der Waals surface area contributed by atoms with Crippen molar-refractivity contribution in [3.63, 3.8) is 0 Å². The third kappa shape index (κ3) is 2.60. The van der Waals surface area contributed by atoms with E-state index in [0.29, 0.717) is 0 Å². The third-order valence-electron chi connectivity index (χ3n) is 2.82. The number of rotatable bonds is 2. The molecule has 0 saturated carbocycles. The van der Waals surface area contributed by atoms with E-state index < -0.39 is 10.1 Å². The Morgan fingerprint density at radius 1 is 1.00 bits per heavy atom. The lowest BCUT2D eigenvalue weighted by atomic mass is 9.99. The molecule has 1 N–H and O–H groups in total. The van der Waals surface area contributed by atoms with Gasteiger partial charge >= 0.3 is 0 Å². The molecule has 0 amide bonds. The summed E-state index contributed by atoms with van der Waals surface area (Å²) in [5, 5.41) is 0. The summed E-state index contributed by atoms with van der Waals surface area (Å²) in [5.41, 5.74) is 3.97. The molecule has 0 aliphatic rings. The van der Waals surface area contributed by atoms with E-state index in [2.05, 4.69) is 0 Å². The second-order valence-corrected chi connectivity index (χ2v) is 5.74. The molecule has 2 aromatic carbocycles. The van der Waals surface area contributed by atoms with E-state index >= 15 is 0 Å². The predicted octanol–water partition coefficient (Wildman–Crippen LogP) is 3.22. The first-order chi connectivity index (χ1) is 8.38. The van der Waals surface area contributed by atoms with Crippen molar-refractivity contribution in [1.82, 2.24) is 0 Å². The number of hydrogen-bond acceptors (Lipinski definition) is 2. The van der Waals surface area contributed by atoms with E-state index in [9.17, 15) is 8.42 Å². The lowest BCUT2D eigenvalue weighted by Crippen LogP contribution is -1.98. The highest BCUT2D eigenvalue weighted by Gasteiger charge is 2.11. The van der Waals surface area contributed by atoms with Crippen LogP contribution in [-0.4, -0.2) is 13.0 Å². The Bertz CT molecular complexity index is 688. The molecule has 0 fully saturated rings. The van der Waals surface area contributed by atoms with Crippen molar-refractivity contribution in [1.29, 1.82) is 0 Å². The summed E-state index contributed by atoms with van der Waals surface area (Å²) >= 11 is 0. The molecule has 0 aliphatic heterocycles. The smallest absolute Gasteiger partial charge is 0.282 e. The average Bonchev–Trinajstić information content (AvgIpc) is 2.28. The second-order valence-electron chi connectivity index (χ2n) is 4.32. The molecule has 0 unspecified atom stereocenters. The molecular formula is C14H14O3S. The number of aryl methyl sites for hydroxylation is 2. The van der Waals surface area contributed by atoms with Gasteiger partial charge in [-0.1, -0.05) is 35.9 Å². The third-order valence-corrected chi connectivity index (χ3v) is 3.67. The Labute approximate surface area is 107 Å². The molecule has 0 spiro atoms. The lowest BCUT2D eigenvalue weighted by Gasteiger charge is -2.08. The standard InChI is InChI=1S/C14H14O3S/c1-10-6-7-14(11(2)8-10)12-4-3-5-13(9-12)18(15,16)17/h3-9H,1-2H3,(H,15,16,17). The van der Waals surface area contributed by atoms with Crippen LogP contribution in [0.3, 0.4) is 0 Å². The molecule has 0 aromatic heterocycles. The van der Waals surface area contributed by atoms with Crippen LogP contribution in [0, 0.1) is 13.8 Å². The highest BCUT2D eigenvalue weighted by atomic mass is 32.2. The van der Waals surface area contributed by atoms with Gasteiger partial charge in [-0.25, -0.2) is 0 Å². The predicted molar refractivity (Wildman–Crippen MR) is 71.2 cm³/mol. The van der Waals surface area contributed by atoms with Crippen molar-refractivity contribution in [2.24, 2.45) is 0 Å². The van der Waals surface area contributed by atoms with Crippen LogP contribution in [0.25, 0.3) is 11.1 Å². The first kappa shape index (κ1) is 12.8. The molecule has 94 valence electrons. The molecule has 0 radical (unpaired) electrons. The summed E-state index contributed by atoms with van der Waals surface area (Å²) in [5.74, 6) is 0. The van der Waals surface area contributed by atoms with Crippen molar-refractivity contribution in [2.45, 2.75) is 18.7 Å². The van der Waals surface area contributed by atoms with Crippen molar-refractivity contribution in [3.05, 3.63) is 53.6 Å². The molecule has 0 aliphatic carbocycles. The summed E-state index contributed by atoms with van der Waals surface area (Å²) in [6.07, 6.45) is 0. The zero-order valence-corrected chi connectivity index (χ0v) is 11.0. The van der Waals surface area contributed by atoms with Gasteiger partial charge in [-0.15, -0.1) is 0 Å². The first-order valence-corrected chi connectivity index (χ1v) is 6.97. The zero-order valence-electron chi connectivity index (χ0n) is 10.2. The van der Waals surface area contributed by atoms with Crippen LogP contribution in [0.1, 0.15) is 11.1 Å². The maximum Gasteiger partial charge on any atom is 0.294 e. The van der Waals surface area contributed by atoms with Gasteiger partial charge in [-0.3, -0.25) is 4.55 Å². The van der Waals surface area contributed by atoms with Crippen LogP contribution in [0.15, 0.2) is 47.4 Å². The minimum atomic E-state index is -4.15. The van der Waals surface area contributed by atoms with Gasteiger partial charge in [-0.05, 0) is 42.7 Å². The molecule has 4 heteroatoms. The summed E-state index contributed by atoms with van der Waals surface area (Å²) < 4.78 is 31.3. The Kier molecular flexibility index (Phi) is 3.24. The fourth-order valence-corrected chi connectivity index (χ4v) is 2.49. The van der Waals surface area contributed by atoms with Crippen LogP contribution >= 0.6 is 0 Å². The van der Waals surface area contributed by atoms with E-state index in [4.69, 9.17) is 4.55 Å². The van der Waals surface area contributed by atoms with Crippen LogP contribution in [0.4, 0.5) is 0 Å². The van der Waals surface area contributed by atoms with Crippen molar-refractivity contribution >= 4 is 10.1 Å². The first-order valence-electron chi connectivity index (χ1n) is 5.53. The molecular weight excluding hydrogens is 248 g/mol. The van der Waals surface area contributed by atoms with Crippen LogP contribution in [0.5, 0.6) is 0 Å². The summed E-state index contributed by atoms with van der Waals surface area (Å²) in [6.45, 7) is 3.98. The van der Waals surface area contributed by atoms with E-state index in [0.717, 1.165) is 22.3 Å². The van der Waals surface area contributed by atoms with Crippen molar-refractivity contribution in [3.8, 4) is 11.1 Å². The van der Waals surface area contributed by atoms with Crippen LogP contribution < -0.4 is 0 Å². The molecule has 3 nitrogen and oxygen atoms in total. The minimum Gasteiger partial charge on any atom is -0.282 e. The quantitative estimate of drug-likeness (QED) is 0.845. The molecule has 2 aromatic rings. The van der Waals surface area contributed by atoms with Gasteiger partial charge in [0, 0.05) is 0 Å². The van der Waals surface area contributed by atoms with Gasteiger partial charge in [0.05, 0.1) is 4.90 Å². The van der Waals surface area contributed by atoms with E-state index in [1.165, 1.54) is 12.1 Å². The minimum absolute atomic E-state index is 0.0834. The molecule has 0 bridgehead atoms. The molecule has 18 heavy (non-hydrogen) atoms. The van der Waals surface area contributed by atoms with Crippen LogP contribution in [-0.2, 0) is 10.1 Å². The molecule has 0 heterocycles. The van der Waals surface area contributed by atoms with Crippen molar-refractivity contribution < 1.29 is 13.0 Å². The SMILES string of the molecule is Cc1ccc(-c2cccc(S(=O)(=O)O)c2)c(C)c1. The average molecular weight is 262 g/mol. The van der Waals surface area contributed by atoms with Crippen molar-refractivity contribution in [2.75, 3.05) is 0 Å². The number of hydrogen-bond donors (Lipinski definition) is 1. The van der Waals surface area contributed by atoms with Gasteiger partial charge in [0.25, 0.3) is 10.1 Å². The zero-order chi connectivity index (χ0) is 13.3. The maximum absolute atomic E-state index is 11.1. The van der Waals surface area contributed by atoms with Crippen LogP contribution in [0.2, 0.25) is 0 Å². The lowest BCUT2D eigenvalue weighted by molar-refractivity contribution is 0.483. The summed E-state index contributed by atoms with van der Waals surface area (Å²) in [4.78, 5) is -0.0834. The Hall–Kier alpha value is -1.65. The molecule has 0 saturated heterocycles. The van der Waals surface area contributed by atoms with Gasteiger partial charge in [0.15, 0.2) is 0 Å². The van der Waals surface area contributed by atoms with E-state index in [-0.39, 0.29) is 4.90 Å². The van der Waals surface area contributed by atoms with Gasteiger partial charge in [0.1, 0.15) is 0 Å². The Balaban J connectivity index is 2.58. The van der Waals surface area contributed by atoms with E-state index in [1.54, 1.807) is 6.07 Å². The fraction of sp³-hybridized carbons (Fsp3) is 0.143. The topological polar surface area (TPSA) is 54.4 Å². The summed E-state index contributed by atoms with van der Waals surface area (Å²) in [7, 11) is -4.15. The molecule has 2 rings (SSSR count). The molecule has 0 atom stereocenters. The Morgan fingerprint density at radius 2 is 1.72 bits per heavy atom. The maximum atomic E-state index is 11.1. The fourth-order valence-electron chi connectivity index (χ4n) is 1.96. The van der Waals surface area contributed by atoms with E-state index in [1.807, 2.05) is 38.1 Å². The highest BCUT2D eigenvalue weighted by Crippen LogP contribution is 2.26. The van der Waals surface area contributed by atoms with Gasteiger partial charge < -0.3 is 0 Å². The second kappa shape index (κ2) is 4.55.